The van der Waals surface area contributed by atoms with Crippen molar-refractivity contribution in [3.8, 4) is 39.1 Å². The number of rotatable bonds is 5. The zero-order valence-electron chi connectivity index (χ0n) is 27.7. The van der Waals surface area contributed by atoms with E-state index >= 15 is 4.79 Å². The van der Waals surface area contributed by atoms with Crippen LogP contribution in [0.5, 0.6) is 0 Å². The van der Waals surface area contributed by atoms with Gasteiger partial charge in [0.15, 0.2) is 0 Å². The molecule has 1 aliphatic rings. The van der Waals surface area contributed by atoms with Crippen LogP contribution >= 0.6 is 0 Å². The van der Waals surface area contributed by atoms with Gasteiger partial charge in [0.05, 0.1) is 33.5 Å². The Morgan fingerprint density at radius 1 is 0.440 bits per heavy atom. The van der Waals surface area contributed by atoms with Crippen molar-refractivity contribution >= 4 is 39.3 Å². The van der Waals surface area contributed by atoms with E-state index in [2.05, 4.69) is 66.9 Å². The summed E-state index contributed by atoms with van der Waals surface area (Å²) in [5, 5.41) is 2.17. The molecule has 1 aliphatic heterocycles. The van der Waals surface area contributed by atoms with E-state index in [9.17, 15) is 4.79 Å². The van der Waals surface area contributed by atoms with Gasteiger partial charge in [0.25, 0.3) is 11.8 Å². The minimum absolute atomic E-state index is 0.329. The van der Waals surface area contributed by atoms with Gasteiger partial charge >= 0.3 is 0 Å². The van der Waals surface area contributed by atoms with Gasteiger partial charge in [-0.25, -0.2) is 4.90 Å². The zero-order valence-corrected chi connectivity index (χ0v) is 27.7. The number of nitrogens with zero attached hydrogens (tertiary/aromatic N) is 2. The van der Waals surface area contributed by atoms with Crippen LogP contribution in [0.1, 0.15) is 31.8 Å². The first-order chi connectivity index (χ1) is 24.5. The lowest BCUT2D eigenvalue weighted by Gasteiger charge is -2.23. The van der Waals surface area contributed by atoms with Crippen molar-refractivity contribution in [2.24, 2.45) is 0 Å². The SMILES string of the molecule is Cc1ccc(-c2ccc3c4ccccc4n(-c4cccc5c4C(=O)N(c4c(-c6ccccc6)cccc4-c4ccccc4)C5=O)c3c2)c(C)c1. The quantitative estimate of drug-likeness (QED) is 0.175. The number of carbonyl (C=O) groups excluding carboxylic acids is 2. The van der Waals surface area contributed by atoms with Crippen LogP contribution in [-0.4, -0.2) is 16.4 Å². The van der Waals surface area contributed by atoms with E-state index in [0.717, 1.165) is 55.2 Å². The van der Waals surface area contributed by atoms with Crippen LogP contribution in [-0.2, 0) is 0 Å². The van der Waals surface area contributed by atoms with Crippen molar-refractivity contribution < 1.29 is 9.59 Å². The number of para-hydroxylation sites is 2. The average molecular weight is 645 g/mol. The fourth-order valence-corrected chi connectivity index (χ4v) is 7.68. The molecule has 0 unspecified atom stereocenters. The summed E-state index contributed by atoms with van der Waals surface area (Å²) in [5.74, 6) is -0.665. The van der Waals surface area contributed by atoms with E-state index in [1.807, 2.05) is 103 Å². The molecule has 2 amide bonds. The monoisotopic (exact) mass is 644 g/mol. The Balaban J connectivity index is 1.28. The summed E-state index contributed by atoms with van der Waals surface area (Å²) in [6.45, 7) is 4.25. The third kappa shape index (κ3) is 4.53. The molecular formula is C46H32N2O2. The number of benzene rings is 7. The maximum Gasteiger partial charge on any atom is 0.268 e. The molecule has 0 fully saturated rings. The van der Waals surface area contributed by atoms with E-state index in [0.29, 0.717) is 22.5 Å². The molecule has 9 rings (SSSR count). The van der Waals surface area contributed by atoms with Gasteiger partial charge in [0.2, 0.25) is 0 Å². The first-order valence-corrected chi connectivity index (χ1v) is 16.9. The molecule has 50 heavy (non-hydrogen) atoms. The Labute approximate surface area is 290 Å². The highest BCUT2D eigenvalue weighted by atomic mass is 16.2. The molecule has 2 heterocycles. The number of anilines is 1. The van der Waals surface area contributed by atoms with Crippen LogP contribution in [0.4, 0.5) is 5.69 Å². The summed E-state index contributed by atoms with van der Waals surface area (Å²) in [6, 6.07) is 52.9. The Hall–Kier alpha value is -6.52. The van der Waals surface area contributed by atoms with Gasteiger partial charge in [-0.05, 0) is 65.9 Å². The van der Waals surface area contributed by atoms with Crippen LogP contribution in [0, 0.1) is 13.8 Å². The van der Waals surface area contributed by atoms with Crippen LogP contribution in [0.2, 0.25) is 0 Å². The van der Waals surface area contributed by atoms with Crippen molar-refractivity contribution in [3.63, 3.8) is 0 Å². The van der Waals surface area contributed by atoms with Crippen LogP contribution < -0.4 is 4.90 Å². The number of aromatic nitrogens is 1. The number of hydrogen-bond donors (Lipinski definition) is 0. The number of fused-ring (bicyclic) bond motifs is 4. The number of imide groups is 1. The van der Waals surface area contributed by atoms with Gasteiger partial charge in [-0.2, -0.15) is 0 Å². The summed E-state index contributed by atoms with van der Waals surface area (Å²) in [7, 11) is 0. The fourth-order valence-electron chi connectivity index (χ4n) is 7.68. The first kappa shape index (κ1) is 29.6. The highest BCUT2D eigenvalue weighted by Gasteiger charge is 2.41. The summed E-state index contributed by atoms with van der Waals surface area (Å²) in [5.41, 5.74) is 12.2. The van der Waals surface area contributed by atoms with Crippen molar-refractivity contribution in [1.29, 1.82) is 0 Å². The Morgan fingerprint density at radius 3 is 1.76 bits per heavy atom. The summed E-state index contributed by atoms with van der Waals surface area (Å²) in [6.07, 6.45) is 0. The van der Waals surface area contributed by atoms with Crippen molar-refractivity contribution in [2.75, 3.05) is 4.90 Å². The standard InChI is InChI=1S/C46H32N2O2/c1-29-23-25-34(30(2)27-29)33-24-26-38-37-17-9-10-21-40(37)47(42(38)28-33)41-22-12-20-39-43(41)46(50)48(45(39)49)44-35(31-13-5-3-6-14-31)18-11-19-36(44)32-15-7-4-8-16-32/h3-28H,1-2H3. The van der Waals surface area contributed by atoms with E-state index in [4.69, 9.17) is 0 Å². The van der Waals surface area contributed by atoms with Crippen molar-refractivity contribution in [3.05, 3.63) is 180 Å². The first-order valence-electron chi connectivity index (χ1n) is 16.9. The van der Waals surface area contributed by atoms with Gasteiger partial charge < -0.3 is 4.57 Å². The molecular weight excluding hydrogens is 613 g/mol. The molecule has 0 saturated carbocycles. The normalized spacial score (nSPS) is 12.6. The zero-order chi connectivity index (χ0) is 33.9. The second kappa shape index (κ2) is 11.6. The fraction of sp³-hybridized carbons (Fsp3) is 0.0435. The van der Waals surface area contributed by atoms with Gasteiger partial charge in [-0.1, -0.05) is 139 Å². The predicted molar refractivity (Wildman–Crippen MR) is 204 cm³/mol. The molecule has 4 heteroatoms. The van der Waals surface area contributed by atoms with E-state index in [-0.39, 0.29) is 11.8 Å². The van der Waals surface area contributed by atoms with E-state index in [1.54, 1.807) is 6.07 Å². The molecule has 8 aromatic rings. The second-order valence-corrected chi connectivity index (χ2v) is 13.0. The smallest absolute Gasteiger partial charge is 0.268 e. The van der Waals surface area contributed by atoms with Gasteiger partial charge in [0, 0.05) is 21.9 Å². The summed E-state index contributed by atoms with van der Waals surface area (Å²) < 4.78 is 2.16. The van der Waals surface area contributed by atoms with E-state index < -0.39 is 0 Å². The van der Waals surface area contributed by atoms with Gasteiger partial charge in [0.1, 0.15) is 0 Å². The largest absolute Gasteiger partial charge is 0.308 e. The molecule has 4 nitrogen and oxygen atoms in total. The van der Waals surface area contributed by atoms with Crippen LogP contribution in [0.3, 0.4) is 0 Å². The topological polar surface area (TPSA) is 42.3 Å². The lowest BCUT2D eigenvalue weighted by atomic mass is 9.95. The third-order valence-electron chi connectivity index (χ3n) is 9.93. The van der Waals surface area contributed by atoms with E-state index in [1.165, 1.54) is 16.0 Å². The molecule has 1 aromatic heterocycles. The number of hydrogen-bond acceptors (Lipinski definition) is 2. The molecule has 0 bridgehead atoms. The highest BCUT2D eigenvalue weighted by molar-refractivity contribution is 6.37. The number of aryl methyl sites for hydroxylation is 2. The summed E-state index contributed by atoms with van der Waals surface area (Å²) in [4.78, 5) is 31.0. The summed E-state index contributed by atoms with van der Waals surface area (Å²) >= 11 is 0. The van der Waals surface area contributed by atoms with Gasteiger partial charge in [-0.3, -0.25) is 9.59 Å². The Bertz CT molecular complexity index is 2590. The van der Waals surface area contributed by atoms with Crippen molar-refractivity contribution in [1.82, 2.24) is 4.57 Å². The highest BCUT2D eigenvalue weighted by Crippen LogP contribution is 2.45. The minimum Gasteiger partial charge on any atom is -0.308 e. The lowest BCUT2D eigenvalue weighted by molar-refractivity contribution is 0.0926. The molecule has 0 N–H and O–H groups in total. The number of amides is 2. The Kier molecular flexibility index (Phi) is 6.85. The molecule has 0 atom stereocenters. The molecule has 238 valence electrons. The van der Waals surface area contributed by atoms with Gasteiger partial charge in [-0.15, -0.1) is 0 Å². The van der Waals surface area contributed by atoms with Crippen LogP contribution in [0.15, 0.2) is 158 Å². The average Bonchev–Trinajstić information content (AvgIpc) is 3.62. The third-order valence-corrected chi connectivity index (χ3v) is 9.93. The molecule has 7 aromatic carbocycles. The molecule has 0 radical (unpaired) electrons. The molecule has 0 saturated heterocycles. The minimum atomic E-state index is -0.336. The van der Waals surface area contributed by atoms with Crippen molar-refractivity contribution in [2.45, 2.75) is 13.8 Å². The second-order valence-electron chi connectivity index (χ2n) is 13.0. The maximum absolute atomic E-state index is 15.0. The molecule has 0 spiro atoms. The molecule has 0 aliphatic carbocycles. The maximum atomic E-state index is 15.0. The predicted octanol–water partition coefficient (Wildman–Crippen LogP) is 11.2. The number of carbonyl (C=O) groups is 2. The lowest BCUT2D eigenvalue weighted by Crippen LogP contribution is -2.30. The van der Waals surface area contributed by atoms with Crippen LogP contribution in [0.25, 0.3) is 60.9 Å². The Morgan fingerprint density at radius 2 is 1.06 bits per heavy atom.